The molecule has 3 aromatic rings. The lowest BCUT2D eigenvalue weighted by Gasteiger charge is -2.29. The number of hydrogen-bond donors (Lipinski definition) is 1. The molecule has 0 aromatic heterocycles. The first-order valence-corrected chi connectivity index (χ1v) is 9.58. The fourth-order valence-corrected chi connectivity index (χ4v) is 3.83. The maximum atomic E-state index is 12.6. The van der Waals surface area contributed by atoms with Crippen molar-refractivity contribution in [3.05, 3.63) is 77.9 Å². The van der Waals surface area contributed by atoms with E-state index in [0.717, 1.165) is 22.4 Å². The predicted molar refractivity (Wildman–Crippen MR) is 106 cm³/mol. The van der Waals surface area contributed by atoms with Gasteiger partial charge in [0.25, 0.3) is 0 Å². The van der Waals surface area contributed by atoms with Crippen LogP contribution in [0.1, 0.15) is 23.6 Å². The number of halogens is 5. The minimum absolute atomic E-state index is 0.0929. The Kier molecular flexibility index (Phi) is 5.71. The summed E-state index contributed by atoms with van der Waals surface area (Å²) >= 11 is 0. The van der Waals surface area contributed by atoms with Gasteiger partial charge in [0.05, 0.1) is 6.04 Å². The van der Waals surface area contributed by atoms with Crippen molar-refractivity contribution in [2.45, 2.75) is 31.9 Å². The highest BCUT2D eigenvalue weighted by Crippen LogP contribution is 2.39. The standard InChI is InChI=1S/C23H18F5NO2/c24-22(25)30-16-6-2-5-15(13-16)20-11-10-19-18(8-3-9-21(19)29-20)14-4-1-7-17(12-14)31-23(26,27)28/h1-9,12-13,20,22,29H,10-11H2/t20-/m1/s1. The Morgan fingerprint density at radius 1 is 0.903 bits per heavy atom. The molecule has 0 unspecified atom stereocenters. The highest BCUT2D eigenvalue weighted by Gasteiger charge is 2.31. The lowest BCUT2D eigenvalue weighted by Crippen LogP contribution is -2.19. The van der Waals surface area contributed by atoms with Crippen LogP contribution < -0.4 is 14.8 Å². The average Bonchev–Trinajstić information content (AvgIpc) is 2.71. The normalized spacial score (nSPS) is 15.9. The molecule has 1 atom stereocenters. The molecule has 0 saturated carbocycles. The molecule has 4 rings (SSSR count). The number of fused-ring (bicyclic) bond motifs is 1. The second-order valence-electron chi connectivity index (χ2n) is 7.09. The summed E-state index contributed by atoms with van der Waals surface area (Å²) in [6.07, 6.45) is -3.42. The van der Waals surface area contributed by atoms with Gasteiger partial charge in [-0.15, -0.1) is 13.2 Å². The fourth-order valence-electron chi connectivity index (χ4n) is 3.83. The highest BCUT2D eigenvalue weighted by atomic mass is 19.4. The molecule has 162 valence electrons. The van der Waals surface area contributed by atoms with Crippen LogP contribution in [-0.2, 0) is 6.42 Å². The van der Waals surface area contributed by atoms with Crippen LogP contribution in [0, 0.1) is 0 Å². The molecule has 8 heteroatoms. The van der Waals surface area contributed by atoms with E-state index in [1.54, 1.807) is 18.2 Å². The van der Waals surface area contributed by atoms with Gasteiger partial charge in [0.2, 0.25) is 0 Å². The molecular formula is C23H18F5NO2. The average molecular weight is 435 g/mol. The van der Waals surface area contributed by atoms with Crippen LogP contribution in [0.5, 0.6) is 11.5 Å². The van der Waals surface area contributed by atoms with E-state index in [-0.39, 0.29) is 17.5 Å². The molecule has 0 saturated heterocycles. The molecule has 0 spiro atoms. The van der Waals surface area contributed by atoms with Gasteiger partial charge in [-0.1, -0.05) is 36.4 Å². The molecule has 3 aromatic carbocycles. The smallest absolute Gasteiger partial charge is 0.435 e. The number of anilines is 1. The predicted octanol–water partition coefficient (Wildman–Crippen LogP) is 6.95. The summed E-state index contributed by atoms with van der Waals surface area (Å²) in [5.74, 6) is -0.185. The summed E-state index contributed by atoms with van der Waals surface area (Å²) in [5, 5.41) is 3.40. The summed E-state index contributed by atoms with van der Waals surface area (Å²) in [6, 6.07) is 17.9. The minimum atomic E-state index is -4.76. The summed E-state index contributed by atoms with van der Waals surface area (Å²) in [5.41, 5.74) is 4.06. The number of rotatable bonds is 5. The Bertz CT molecular complexity index is 1070. The van der Waals surface area contributed by atoms with Crippen LogP contribution in [-0.4, -0.2) is 13.0 Å². The maximum Gasteiger partial charge on any atom is 0.573 e. The Labute approximate surface area is 175 Å². The van der Waals surface area contributed by atoms with Gasteiger partial charge in [-0.2, -0.15) is 8.78 Å². The monoisotopic (exact) mass is 435 g/mol. The first kappa shape index (κ1) is 21.0. The highest BCUT2D eigenvalue weighted by molar-refractivity contribution is 5.76. The Morgan fingerprint density at radius 2 is 1.65 bits per heavy atom. The topological polar surface area (TPSA) is 30.5 Å². The Hall–Kier alpha value is -3.29. The lowest BCUT2D eigenvalue weighted by molar-refractivity contribution is -0.274. The van der Waals surface area contributed by atoms with Gasteiger partial charge in [0.1, 0.15) is 11.5 Å². The van der Waals surface area contributed by atoms with E-state index >= 15 is 0 Å². The number of hydrogen-bond acceptors (Lipinski definition) is 3. The van der Waals surface area contributed by atoms with Crippen molar-refractivity contribution in [3.8, 4) is 22.6 Å². The van der Waals surface area contributed by atoms with Gasteiger partial charge < -0.3 is 14.8 Å². The fraction of sp³-hybridized carbons (Fsp3) is 0.217. The van der Waals surface area contributed by atoms with E-state index in [1.807, 2.05) is 24.3 Å². The van der Waals surface area contributed by atoms with Crippen LogP contribution in [0.15, 0.2) is 66.7 Å². The summed E-state index contributed by atoms with van der Waals surface area (Å²) in [4.78, 5) is 0. The number of alkyl halides is 5. The molecule has 1 aliphatic heterocycles. The van der Waals surface area contributed by atoms with Gasteiger partial charge in [-0.3, -0.25) is 0 Å². The lowest BCUT2D eigenvalue weighted by atomic mass is 9.88. The molecule has 31 heavy (non-hydrogen) atoms. The first-order valence-electron chi connectivity index (χ1n) is 9.58. The number of benzene rings is 3. The molecule has 1 N–H and O–H groups in total. The molecule has 0 amide bonds. The van der Waals surface area contributed by atoms with Gasteiger partial charge >= 0.3 is 13.0 Å². The molecule has 0 radical (unpaired) electrons. The Balaban J connectivity index is 1.59. The summed E-state index contributed by atoms with van der Waals surface area (Å²) in [6.45, 7) is -2.89. The van der Waals surface area contributed by atoms with E-state index in [4.69, 9.17) is 0 Å². The molecule has 0 aliphatic carbocycles. The van der Waals surface area contributed by atoms with E-state index in [0.29, 0.717) is 18.4 Å². The van der Waals surface area contributed by atoms with Crippen LogP contribution in [0.4, 0.5) is 27.6 Å². The van der Waals surface area contributed by atoms with E-state index < -0.39 is 13.0 Å². The summed E-state index contributed by atoms with van der Waals surface area (Å²) < 4.78 is 71.2. The van der Waals surface area contributed by atoms with Crippen molar-refractivity contribution in [3.63, 3.8) is 0 Å². The largest absolute Gasteiger partial charge is 0.573 e. The van der Waals surface area contributed by atoms with Crippen LogP contribution in [0.25, 0.3) is 11.1 Å². The minimum Gasteiger partial charge on any atom is -0.435 e. The SMILES string of the molecule is FC(F)Oc1cccc([C@H]2CCc3c(cccc3-c3cccc(OC(F)(F)F)c3)N2)c1. The second-order valence-corrected chi connectivity index (χ2v) is 7.09. The quantitative estimate of drug-likeness (QED) is 0.440. The van der Waals surface area contributed by atoms with E-state index in [9.17, 15) is 22.0 Å². The third-order valence-corrected chi connectivity index (χ3v) is 5.05. The summed E-state index contributed by atoms with van der Waals surface area (Å²) in [7, 11) is 0. The second kappa shape index (κ2) is 8.45. The van der Waals surface area contributed by atoms with Gasteiger partial charge in [0.15, 0.2) is 0 Å². The zero-order valence-electron chi connectivity index (χ0n) is 16.1. The van der Waals surface area contributed by atoms with Crippen LogP contribution >= 0.6 is 0 Å². The van der Waals surface area contributed by atoms with Gasteiger partial charge in [-0.05, 0) is 65.4 Å². The van der Waals surface area contributed by atoms with Crippen molar-refractivity contribution in [2.24, 2.45) is 0 Å². The molecule has 0 fully saturated rings. The van der Waals surface area contributed by atoms with Crippen molar-refractivity contribution < 1.29 is 31.4 Å². The maximum absolute atomic E-state index is 12.6. The van der Waals surface area contributed by atoms with E-state index in [2.05, 4.69) is 14.8 Å². The third kappa shape index (κ3) is 5.07. The van der Waals surface area contributed by atoms with Crippen molar-refractivity contribution in [1.29, 1.82) is 0 Å². The molecular weight excluding hydrogens is 417 g/mol. The molecule has 1 heterocycles. The number of ether oxygens (including phenoxy) is 2. The molecule has 0 bridgehead atoms. The van der Waals surface area contributed by atoms with Crippen molar-refractivity contribution in [1.82, 2.24) is 0 Å². The third-order valence-electron chi connectivity index (χ3n) is 5.05. The first-order chi connectivity index (χ1) is 14.8. The van der Waals surface area contributed by atoms with Crippen LogP contribution in [0.2, 0.25) is 0 Å². The number of nitrogens with one attached hydrogen (secondary N) is 1. The zero-order valence-corrected chi connectivity index (χ0v) is 16.1. The Morgan fingerprint density at radius 3 is 2.42 bits per heavy atom. The molecule has 1 aliphatic rings. The van der Waals surface area contributed by atoms with Crippen LogP contribution in [0.3, 0.4) is 0 Å². The zero-order chi connectivity index (χ0) is 22.0. The van der Waals surface area contributed by atoms with Crippen molar-refractivity contribution in [2.75, 3.05) is 5.32 Å². The van der Waals surface area contributed by atoms with Gasteiger partial charge in [-0.25, -0.2) is 0 Å². The van der Waals surface area contributed by atoms with E-state index in [1.165, 1.54) is 24.3 Å². The van der Waals surface area contributed by atoms with Crippen molar-refractivity contribution >= 4 is 5.69 Å². The molecule has 3 nitrogen and oxygen atoms in total. The van der Waals surface area contributed by atoms with Gasteiger partial charge in [0, 0.05) is 5.69 Å².